The molecule has 0 spiro atoms. The van der Waals surface area contributed by atoms with Crippen molar-refractivity contribution >= 4 is 11.9 Å². The van der Waals surface area contributed by atoms with Crippen LogP contribution in [0.4, 0.5) is 0 Å². The summed E-state index contributed by atoms with van der Waals surface area (Å²) in [6, 6.07) is 0. The highest BCUT2D eigenvalue weighted by molar-refractivity contribution is 5.83. The van der Waals surface area contributed by atoms with Gasteiger partial charge >= 0.3 is 5.97 Å². The van der Waals surface area contributed by atoms with Gasteiger partial charge in [0, 0.05) is 26.3 Å². The predicted octanol–water partition coefficient (Wildman–Crippen LogP) is 1.08. The molecule has 1 atom stereocenters. The van der Waals surface area contributed by atoms with E-state index in [0.717, 1.165) is 12.8 Å². The van der Waals surface area contributed by atoms with Gasteiger partial charge in [-0.1, -0.05) is 13.8 Å². The van der Waals surface area contributed by atoms with E-state index in [0.29, 0.717) is 39.1 Å². The highest BCUT2D eigenvalue weighted by Gasteiger charge is 2.36. The monoisotopic (exact) mass is 314 g/mol. The molecular weight excluding hydrogens is 284 g/mol. The molecular formula is C16H30N2O4. The van der Waals surface area contributed by atoms with Crippen molar-refractivity contribution in [1.29, 1.82) is 0 Å². The maximum atomic E-state index is 12.5. The normalized spacial score (nSPS) is 17.8. The van der Waals surface area contributed by atoms with Gasteiger partial charge in [-0.2, -0.15) is 0 Å². The number of rotatable bonds is 8. The molecule has 0 aromatic rings. The number of carbonyl (C=O) groups excluding carboxylic acids is 2. The van der Waals surface area contributed by atoms with Crippen LogP contribution < -0.4 is 11.1 Å². The van der Waals surface area contributed by atoms with Gasteiger partial charge in [0.25, 0.3) is 0 Å². The van der Waals surface area contributed by atoms with Gasteiger partial charge in [-0.25, -0.2) is 0 Å². The average Bonchev–Trinajstić information content (AvgIpc) is 2.57. The standard InChI is InChI=1S/C16H30N2O4/c1-4-16(5-2,11-17)15(20)18-10-13(14(19)21-3)12-6-8-22-9-7-12/h12-13H,4-11,17H2,1-3H3,(H,18,20). The molecule has 0 aliphatic carbocycles. The minimum absolute atomic E-state index is 0.0686. The van der Waals surface area contributed by atoms with Crippen molar-refractivity contribution in [2.24, 2.45) is 23.0 Å². The second-order valence-corrected chi connectivity index (χ2v) is 5.98. The van der Waals surface area contributed by atoms with Gasteiger partial charge < -0.3 is 20.5 Å². The van der Waals surface area contributed by atoms with Crippen molar-refractivity contribution in [3.05, 3.63) is 0 Å². The smallest absolute Gasteiger partial charge is 0.310 e. The Balaban J connectivity index is 2.70. The Bertz CT molecular complexity index is 355. The summed E-state index contributed by atoms with van der Waals surface area (Å²) >= 11 is 0. The number of esters is 1. The summed E-state index contributed by atoms with van der Waals surface area (Å²) in [7, 11) is 1.39. The van der Waals surface area contributed by atoms with Gasteiger partial charge in [0.1, 0.15) is 0 Å². The first-order valence-electron chi connectivity index (χ1n) is 8.18. The Morgan fingerprint density at radius 3 is 2.36 bits per heavy atom. The minimum atomic E-state index is -0.545. The van der Waals surface area contributed by atoms with Gasteiger partial charge in [-0.15, -0.1) is 0 Å². The van der Waals surface area contributed by atoms with Crippen LogP contribution >= 0.6 is 0 Å². The fraction of sp³-hybridized carbons (Fsp3) is 0.875. The van der Waals surface area contributed by atoms with Crippen LogP contribution in [0.5, 0.6) is 0 Å². The van der Waals surface area contributed by atoms with Crippen molar-refractivity contribution in [2.45, 2.75) is 39.5 Å². The van der Waals surface area contributed by atoms with E-state index in [2.05, 4.69) is 5.32 Å². The van der Waals surface area contributed by atoms with E-state index in [4.69, 9.17) is 15.2 Å². The third-order valence-corrected chi connectivity index (χ3v) is 5.05. The van der Waals surface area contributed by atoms with Gasteiger partial charge in [-0.3, -0.25) is 9.59 Å². The molecule has 0 saturated carbocycles. The summed E-state index contributed by atoms with van der Waals surface area (Å²) in [5, 5.41) is 2.93. The first kappa shape index (κ1) is 18.9. The molecule has 1 aliphatic heterocycles. The molecule has 0 radical (unpaired) electrons. The lowest BCUT2D eigenvalue weighted by atomic mass is 9.81. The highest BCUT2D eigenvalue weighted by atomic mass is 16.5. The summed E-state index contributed by atoms with van der Waals surface area (Å²) in [5.74, 6) is -0.460. The number of methoxy groups -OCH3 is 1. The molecule has 6 nitrogen and oxygen atoms in total. The van der Waals surface area contributed by atoms with Crippen LogP contribution in [0.15, 0.2) is 0 Å². The van der Waals surface area contributed by atoms with Crippen LogP contribution in [-0.2, 0) is 19.1 Å². The maximum Gasteiger partial charge on any atom is 0.310 e. The number of carbonyl (C=O) groups is 2. The number of nitrogens with two attached hydrogens (primary N) is 1. The van der Waals surface area contributed by atoms with E-state index in [9.17, 15) is 9.59 Å². The summed E-state index contributed by atoms with van der Waals surface area (Å²) in [6.45, 7) is 5.86. The number of hydrogen-bond donors (Lipinski definition) is 2. The molecule has 1 heterocycles. The van der Waals surface area contributed by atoms with Crippen LogP contribution in [0.3, 0.4) is 0 Å². The van der Waals surface area contributed by atoms with Crippen LogP contribution in [0.1, 0.15) is 39.5 Å². The molecule has 128 valence electrons. The van der Waals surface area contributed by atoms with Crippen LogP contribution in [0.25, 0.3) is 0 Å². The molecule has 6 heteroatoms. The molecule has 3 N–H and O–H groups in total. The Morgan fingerprint density at radius 1 is 1.32 bits per heavy atom. The molecule has 0 aromatic heterocycles. The van der Waals surface area contributed by atoms with Gasteiger partial charge in [0.2, 0.25) is 5.91 Å². The molecule has 1 saturated heterocycles. The first-order chi connectivity index (χ1) is 10.5. The third kappa shape index (κ3) is 4.43. The molecule has 0 aromatic carbocycles. The Morgan fingerprint density at radius 2 is 1.91 bits per heavy atom. The number of ether oxygens (including phenoxy) is 2. The first-order valence-corrected chi connectivity index (χ1v) is 8.18. The average molecular weight is 314 g/mol. The molecule has 1 aliphatic rings. The highest BCUT2D eigenvalue weighted by Crippen LogP contribution is 2.27. The molecule has 1 fully saturated rings. The Labute approximate surface area is 133 Å². The summed E-state index contributed by atoms with van der Waals surface area (Å²) in [6.07, 6.45) is 3.01. The van der Waals surface area contributed by atoms with E-state index in [-0.39, 0.29) is 23.7 Å². The van der Waals surface area contributed by atoms with Gasteiger partial charge in [0.15, 0.2) is 0 Å². The zero-order valence-corrected chi connectivity index (χ0v) is 14.0. The lowest BCUT2D eigenvalue weighted by Crippen LogP contribution is -2.48. The second kappa shape index (κ2) is 9.10. The SMILES string of the molecule is CCC(CC)(CN)C(=O)NCC(C(=O)OC)C1CCOCC1. The van der Waals surface area contributed by atoms with E-state index < -0.39 is 5.41 Å². The fourth-order valence-corrected chi connectivity index (χ4v) is 3.05. The van der Waals surface area contributed by atoms with Crippen molar-refractivity contribution in [1.82, 2.24) is 5.32 Å². The number of hydrogen-bond acceptors (Lipinski definition) is 5. The predicted molar refractivity (Wildman–Crippen MR) is 84.1 cm³/mol. The largest absolute Gasteiger partial charge is 0.469 e. The maximum absolute atomic E-state index is 12.5. The topological polar surface area (TPSA) is 90.7 Å². The molecule has 1 rings (SSSR count). The summed E-state index contributed by atoms with van der Waals surface area (Å²) in [5.41, 5.74) is 5.25. The van der Waals surface area contributed by atoms with E-state index in [1.165, 1.54) is 7.11 Å². The molecule has 1 unspecified atom stereocenters. The Hall–Kier alpha value is -1.14. The zero-order valence-electron chi connectivity index (χ0n) is 14.0. The summed E-state index contributed by atoms with van der Waals surface area (Å²) < 4.78 is 10.2. The van der Waals surface area contributed by atoms with Crippen LogP contribution in [0.2, 0.25) is 0 Å². The molecule has 22 heavy (non-hydrogen) atoms. The van der Waals surface area contributed by atoms with Gasteiger partial charge in [-0.05, 0) is 31.6 Å². The number of nitrogens with one attached hydrogen (secondary N) is 1. The third-order valence-electron chi connectivity index (χ3n) is 5.05. The van der Waals surface area contributed by atoms with Crippen molar-refractivity contribution in [3.8, 4) is 0 Å². The fourth-order valence-electron chi connectivity index (χ4n) is 3.05. The van der Waals surface area contributed by atoms with Crippen molar-refractivity contribution in [2.75, 3.05) is 33.4 Å². The lowest BCUT2D eigenvalue weighted by Gasteiger charge is -2.32. The quantitative estimate of drug-likeness (QED) is 0.654. The number of amides is 1. The van der Waals surface area contributed by atoms with Crippen LogP contribution in [-0.4, -0.2) is 45.3 Å². The van der Waals surface area contributed by atoms with E-state index in [1.54, 1.807) is 0 Å². The van der Waals surface area contributed by atoms with E-state index in [1.807, 2.05) is 13.8 Å². The minimum Gasteiger partial charge on any atom is -0.469 e. The van der Waals surface area contributed by atoms with E-state index >= 15 is 0 Å². The van der Waals surface area contributed by atoms with Crippen molar-refractivity contribution < 1.29 is 19.1 Å². The summed E-state index contributed by atoms with van der Waals surface area (Å²) in [4.78, 5) is 24.5. The lowest BCUT2D eigenvalue weighted by molar-refractivity contribution is -0.148. The van der Waals surface area contributed by atoms with Gasteiger partial charge in [0.05, 0.1) is 18.4 Å². The molecule has 1 amide bonds. The van der Waals surface area contributed by atoms with Crippen LogP contribution in [0, 0.1) is 17.3 Å². The Kier molecular flexibility index (Phi) is 7.82. The second-order valence-electron chi connectivity index (χ2n) is 5.98. The van der Waals surface area contributed by atoms with Crippen molar-refractivity contribution in [3.63, 3.8) is 0 Å². The zero-order chi connectivity index (χ0) is 16.6. The molecule has 0 bridgehead atoms.